The van der Waals surface area contributed by atoms with Crippen LogP contribution in [-0.4, -0.2) is 17.8 Å². The molecule has 1 fully saturated rings. The molecule has 0 saturated carbocycles. The smallest absolute Gasteiger partial charge is 0.328 e. The van der Waals surface area contributed by atoms with E-state index in [0.29, 0.717) is 12.4 Å². The average Bonchev–Trinajstić information content (AvgIpc) is 2.64. The van der Waals surface area contributed by atoms with Gasteiger partial charge < -0.3 is 4.74 Å². The first kappa shape index (κ1) is 18.1. The molecule has 3 rings (SSSR count). The Morgan fingerprint density at radius 2 is 1.52 bits per heavy atom. The van der Waals surface area contributed by atoms with Crippen LogP contribution in [-0.2, 0) is 16.2 Å². The second kappa shape index (κ2) is 8.09. The van der Waals surface area contributed by atoms with Crippen LogP contribution in [0.25, 0.3) is 6.08 Å². The maximum Gasteiger partial charge on any atom is 0.328 e. The Bertz CT molecular complexity index is 909. The van der Waals surface area contributed by atoms with Gasteiger partial charge in [-0.15, -0.1) is 0 Å². The van der Waals surface area contributed by atoms with Crippen LogP contribution in [0.3, 0.4) is 0 Å². The summed E-state index contributed by atoms with van der Waals surface area (Å²) in [6, 6.07) is 12.4. The molecule has 4 amide bonds. The van der Waals surface area contributed by atoms with Gasteiger partial charge in [-0.05, 0) is 41.5 Å². The van der Waals surface area contributed by atoms with Gasteiger partial charge in [0.25, 0.3) is 11.8 Å². The SMILES string of the molecule is O=C1NC(=O)C(=C/C=C/c2ccc(OCc3ccc(F)cc3)cc2)C(=O)N1. The van der Waals surface area contributed by atoms with Gasteiger partial charge in [-0.1, -0.05) is 36.4 Å². The van der Waals surface area contributed by atoms with Crippen LogP contribution in [0.1, 0.15) is 11.1 Å². The number of hydrogen-bond donors (Lipinski definition) is 2. The molecule has 136 valence electrons. The molecule has 0 aliphatic carbocycles. The maximum atomic E-state index is 12.9. The summed E-state index contributed by atoms with van der Waals surface area (Å²) in [5, 5.41) is 3.99. The van der Waals surface area contributed by atoms with Crippen LogP contribution in [0, 0.1) is 5.82 Å². The lowest BCUT2D eigenvalue weighted by atomic mass is 10.1. The number of halogens is 1. The van der Waals surface area contributed by atoms with Crippen molar-refractivity contribution in [3.8, 4) is 5.75 Å². The number of carbonyl (C=O) groups excluding carboxylic acids is 3. The van der Waals surface area contributed by atoms with E-state index >= 15 is 0 Å². The van der Waals surface area contributed by atoms with Crippen molar-refractivity contribution in [3.63, 3.8) is 0 Å². The Balaban J connectivity index is 1.58. The summed E-state index contributed by atoms with van der Waals surface area (Å²) in [5.41, 5.74) is 1.54. The van der Waals surface area contributed by atoms with Crippen molar-refractivity contribution in [1.29, 1.82) is 0 Å². The number of barbiturate groups is 1. The number of urea groups is 1. The fourth-order valence-electron chi connectivity index (χ4n) is 2.30. The number of allylic oxidation sites excluding steroid dienone is 2. The first-order valence-corrected chi connectivity index (χ1v) is 8.03. The average molecular weight is 366 g/mol. The van der Waals surface area contributed by atoms with E-state index in [9.17, 15) is 18.8 Å². The molecule has 6 nitrogen and oxygen atoms in total. The van der Waals surface area contributed by atoms with Crippen LogP contribution in [0.15, 0.2) is 66.3 Å². The number of hydrogen-bond acceptors (Lipinski definition) is 4. The largest absolute Gasteiger partial charge is 0.489 e. The maximum absolute atomic E-state index is 12.9. The summed E-state index contributed by atoms with van der Waals surface area (Å²) in [5.74, 6) is -1.12. The lowest BCUT2D eigenvalue weighted by molar-refractivity contribution is -0.124. The van der Waals surface area contributed by atoms with Crippen molar-refractivity contribution in [2.75, 3.05) is 0 Å². The van der Waals surface area contributed by atoms with E-state index in [4.69, 9.17) is 4.74 Å². The zero-order valence-electron chi connectivity index (χ0n) is 14.1. The van der Waals surface area contributed by atoms with Gasteiger partial charge in [0.15, 0.2) is 0 Å². The van der Waals surface area contributed by atoms with Crippen LogP contribution in [0.4, 0.5) is 9.18 Å². The first-order chi connectivity index (χ1) is 13.0. The third kappa shape index (κ3) is 4.88. The molecule has 0 unspecified atom stereocenters. The summed E-state index contributed by atoms with van der Waals surface area (Å²) in [6.45, 7) is 0.324. The molecule has 2 N–H and O–H groups in total. The van der Waals surface area contributed by atoms with Gasteiger partial charge >= 0.3 is 6.03 Å². The lowest BCUT2D eigenvalue weighted by Gasteiger charge is -2.12. The molecule has 1 saturated heterocycles. The Kier molecular flexibility index (Phi) is 5.41. The Hall–Kier alpha value is -3.74. The number of benzene rings is 2. The molecule has 1 aliphatic rings. The summed E-state index contributed by atoms with van der Waals surface area (Å²) < 4.78 is 18.5. The number of nitrogens with one attached hydrogen (secondary N) is 2. The fraction of sp³-hybridized carbons (Fsp3) is 0.0500. The molecular formula is C20H15FN2O4. The van der Waals surface area contributed by atoms with Crippen molar-refractivity contribution in [2.45, 2.75) is 6.61 Å². The van der Waals surface area contributed by atoms with E-state index in [0.717, 1.165) is 11.1 Å². The zero-order chi connectivity index (χ0) is 19.2. The van der Waals surface area contributed by atoms with E-state index in [2.05, 4.69) is 0 Å². The minimum absolute atomic E-state index is 0.148. The molecule has 0 atom stereocenters. The molecular weight excluding hydrogens is 351 g/mol. The predicted octanol–water partition coefficient (Wildman–Crippen LogP) is 2.71. The minimum Gasteiger partial charge on any atom is -0.489 e. The van der Waals surface area contributed by atoms with Crippen molar-refractivity contribution in [2.24, 2.45) is 0 Å². The molecule has 0 radical (unpaired) electrons. The van der Waals surface area contributed by atoms with Crippen LogP contribution < -0.4 is 15.4 Å². The molecule has 0 spiro atoms. The van der Waals surface area contributed by atoms with Gasteiger partial charge in [-0.2, -0.15) is 0 Å². The molecule has 2 aromatic carbocycles. The number of carbonyl (C=O) groups is 3. The Morgan fingerprint density at radius 1 is 0.889 bits per heavy atom. The van der Waals surface area contributed by atoms with Crippen LogP contribution in [0.2, 0.25) is 0 Å². The van der Waals surface area contributed by atoms with Gasteiger partial charge in [0.2, 0.25) is 0 Å². The van der Waals surface area contributed by atoms with E-state index in [1.165, 1.54) is 18.2 Å². The minimum atomic E-state index is -0.831. The van der Waals surface area contributed by atoms with Gasteiger partial charge in [0, 0.05) is 0 Å². The van der Waals surface area contributed by atoms with Gasteiger partial charge in [-0.3, -0.25) is 20.2 Å². The highest BCUT2D eigenvalue weighted by atomic mass is 19.1. The highest BCUT2D eigenvalue weighted by Gasteiger charge is 2.26. The standard InChI is InChI=1S/C20H15FN2O4/c21-15-8-4-14(5-9-15)12-27-16-10-6-13(7-11-16)2-1-3-17-18(24)22-20(26)23-19(17)25/h1-11H,12H2,(H2,22,23,24,25,26)/b2-1+. The van der Waals surface area contributed by atoms with Crippen molar-refractivity contribution < 1.29 is 23.5 Å². The number of amides is 4. The normalized spacial score (nSPS) is 14.1. The van der Waals surface area contributed by atoms with Crippen LogP contribution in [0.5, 0.6) is 5.75 Å². The zero-order valence-corrected chi connectivity index (χ0v) is 14.1. The molecule has 27 heavy (non-hydrogen) atoms. The van der Waals surface area contributed by atoms with Crippen molar-refractivity contribution >= 4 is 23.9 Å². The quantitative estimate of drug-likeness (QED) is 0.629. The monoisotopic (exact) mass is 366 g/mol. The molecule has 1 aliphatic heterocycles. The van der Waals surface area contributed by atoms with E-state index in [-0.39, 0.29) is 11.4 Å². The predicted molar refractivity (Wildman–Crippen MR) is 96.0 cm³/mol. The van der Waals surface area contributed by atoms with Gasteiger partial charge in [0.1, 0.15) is 23.7 Å². The summed E-state index contributed by atoms with van der Waals surface area (Å²) in [6.07, 6.45) is 4.57. The first-order valence-electron chi connectivity index (χ1n) is 8.03. The summed E-state index contributed by atoms with van der Waals surface area (Å²) in [4.78, 5) is 34.1. The number of rotatable bonds is 5. The highest BCUT2D eigenvalue weighted by molar-refractivity contribution is 6.29. The summed E-state index contributed by atoms with van der Waals surface area (Å²) in [7, 11) is 0. The highest BCUT2D eigenvalue weighted by Crippen LogP contribution is 2.15. The van der Waals surface area contributed by atoms with E-state index < -0.39 is 17.8 Å². The lowest BCUT2D eigenvalue weighted by Crippen LogP contribution is -2.51. The molecule has 1 heterocycles. The molecule has 2 aromatic rings. The van der Waals surface area contributed by atoms with Gasteiger partial charge in [0.05, 0.1) is 0 Å². The van der Waals surface area contributed by atoms with E-state index in [1.807, 2.05) is 10.6 Å². The topological polar surface area (TPSA) is 84.5 Å². The van der Waals surface area contributed by atoms with Gasteiger partial charge in [-0.25, -0.2) is 9.18 Å². The fourth-order valence-corrected chi connectivity index (χ4v) is 2.30. The molecule has 7 heteroatoms. The number of imide groups is 2. The third-order valence-electron chi connectivity index (χ3n) is 3.69. The van der Waals surface area contributed by atoms with Crippen molar-refractivity contribution in [1.82, 2.24) is 10.6 Å². The van der Waals surface area contributed by atoms with E-state index in [1.54, 1.807) is 48.6 Å². The van der Waals surface area contributed by atoms with Crippen molar-refractivity contribution in [3.05, 3.63) is 83.2 Å². The molecule has 0 aromatic heterocycles. The second-order valence-electron chi connectivity index (χ2n) is 5.66. The molecule has 0 bridgehead atoms. The second-order valence-corrected chi connectivity index (χ2v) is 5.66. The van der Waals surface area contributed by atoms with Crippen LogP contribution >= 0.6 is 0 Å². The summed E-state index contributed by atoms with van der Waals surface area (Å²) >= 11 is 0. The third-order valence-corrected chi connectivity index (χ3v) is 3.69. The Labute approximate surface area is 154 Å². The Morgan fingerprint density at radius 3 is 2.15 bits per heavy atom. The number of ether oxygens (including phenoxy) is 1.